The van der Waals surface area contributed by atoms with E-state index in [0.29, 0.717) is 5.56 Å². The lowest BCUT2D eigenvalue weighted by Gasteiger charge is -2.37. The van der Waals surface area contributed by atoms with E-state index in [1.54, 1.807) is 0 Å². The molecule has 8 N–H and O–H groups in total. The van der Waals surface area contributed by atoms with Gasteiger partial charge >= 0.3 is 0 Å². The predicted molar refractivity (Wildman–Crippen MR) is 162 cm³/mol. The highest BCUT2D eigenvalue weighted by atomic mass is 16.7. The lowest BCUT2D eigenvalue weighted by molar-refractivity contribution is -0.244. The van der Waals surface area contributed by atoms with Crippen molar-refractivity contribution in [1.29, 1.82) is 5.26 Å². The number of benzene rings is 2. The van der Waals surface area contributed by atoms with Gasteiger partial charge in [0, 0.05) is 57.3 Å². The van der Waals surface area contributed by atoms with Crippen LogP contribution < -0.4 is 22.2 Å². The van der Waals surface area contributed by atoms with E-state index in [-0.39, 0.29) is 30.8 Å². The molecule has 2 aromatic carbocycles. The van der Waals surface area contributed by atoms with E-state index in [9.17, 15) is 20.3 Å². The number of hydrogen-bond acceptors (Lipinski definition) is 12. The summed E-state index contributed by atoms with van der Waals surface area (Å²) in [7, 11) is 1.44. The van der Waals surface area contributed by atoms with Crippen molar-refractivity contribution in [3.63, 3.8) is 0 Å². The summed E-state index contributed by atoms with van der Waals surface area (Å²) in [5.41, 5.74) is 7.89. The third-order valence-electron chi connectivity index (χ3n) is 7.38. The van der Waals surface area contributed by atoms with Crippen LogP contribution in [0.15, 0.2) is 53.9 Å². The molecule has 2 saturated heterocycles. The summed E-state index contributed by atoms with van der Waals surface area (Å²) in [6, 6.07) is 13.8. The van der Waals surface area contributed by atoms with Gasteiger partial charge in [0.2, 0.25) is 0 Å². The fourth-order valence-corrected chi connectivity index (χ4v) is 4.98. The zero-order valence-corrected chi connectivity index (χ0v) is 24.3. The number of nitrogens with two attached hydrogens (primary N) is 2. The minimum absolute atomic E-state index is 0.0179. The van der Waals surface area contributed by atoms with Crippen molar-refractivity contribution < 1.29 is 29.2 Å². The van der Waals surface area contributed by atoms with Crippen LogP contribution in [0.1, 0.15) is 12.0 Å². The summed E-state index contributed by atoms with van der Waals surface area (Å²) in [6.07, 6.45) is -0.583. The van der Waals surface area contributed by atoms with Gasteiger partial charge in [0.05, 0.1) is 32.4 Å². The lowest BCUT2D eigenvalue weighted by atomic mass is 10.0. The molecule has 4 rings (SSSR count). The van der Waals surface area contributed by atoms with E-state index in [4.69, 9.17) is 25.8 Å². The molecule has 0 radical (unpaired) electrons. The molecule has 2 aliphatic rings. The van der Waals surface area contributed by atoms with Crippen LogP contribution in [0.5, 0.6) is 0 Å². The fraction of sp³-hybridized carbons (Fsp3) is 0.467. The standard InChI is InChI=1S/C30H41N7O6/c1-41-28-15-26(38)29(39)27(43-28)19-37(33)18-24(32)17-35-30(40)23(16-31)13-20-2-3-22-14-25(5-4-21(22)12-20)34-6-7-36-8-10-42-11-9-36/h2-5,12-14,18,26-29,34,38-39H,6-11,15,17,19,32-33H2,1H3,(H,35,40)/b23-13+,24-18-/t26?,27?,28-,29-/m0/s1. The summed E-state index contributed by atoms with van der Waals surface area (Å²) < 4.78 is 16.1. The van der Waals surface area contributed by atoms with Gasteiger partial charge in [0.15, 0.2) is 6.29 Å². The number of hydrogen-bond donors (Lipinski definition) is 6. The van der Waals surface area contributed by atoms with Gasteiger partial charge < -0.3 is 45.8 Å². The van der Waals surface area contributed by atoms with Gasteiger partial charge in [-0.25, -0.2) is 5.84 Å². The van der Waals surface area contributed by atoms with E-state index in [0.717, 1.165) is 55.9 Å². The van der Waals surface area contributed by atoms with Crippen LogP contribution in [0.25, 0.3) is 16.8 Å². The molecule has 0 spiro atoms. The van der Waals surface area contributed by atoms with Crippen LogP contribution in [-0.2, 0) is 19.0 Å². The SMILES string of the molecule is CO[C@@H]1CC(O)[C@H](O)C(CN(N)/C=C(\N)CNC(=O)/C(C#N)=C/c2ccc3cc(NCCN4CCOCC4)ccc3c2)O1. The van der Waals surface area contributed by atoms with Gasteiger partial charge in [-0.1, -0.05) is 18.2 Å². The zero-order valence-electron chi connectivity index (χ0n) is 24.3. The van der Waals surface area contributed by atoms with Crippen LogP contribution in [0.2, 0.25) is 0 Å². The van der Waals surface area contributed by atoms with Crippen LogP contribution >= 0.6 is 0 Å². The maximum atomic E-state index is 12.7. The van der Waals surface area contributed by atoms with Gasteiger partial charge in [-0.2, -0.15) is 5.26 Å². The number of nitriles is 1. The number of aliphatic hydroxyl groups is 2. The Bertz CT molecular complexity index is 1340. The molecule has 2 heterocycles. The first-order valence-electron chi connectivity index (χ1n) is 14.3. The van der Waals surface area contributed by atoms with Gasteiger partial charge in [-0.15, -0.1) is 0 Å². The second kappa shape index (κ2) is 15.6. The molecule has 13 heteroatoms. The molecule has 0 aromatic heterocycles. The average Bonchev–Trinajstić information content (AvgIpc) is 3.01. The van der Waals surface area contributed by atoms with Crippen LogP contribution in [0, 0.1) is 11.3 Å². The van der Waals surface area contributed by atoms with E-state index < -0.39 is 30.5 Å². The second-order valence-electron chi connectivity index (χ2n) is 10.6. The molecule has 13 nitrogen and oxygen atoms in total. The molecular weight excluding hydrogens is 554 g/mol. The van der Waals surface area contributed by atoms with Gasteiger partial charge in [0.1, 0.15) is 23.9 Å². The number of nitrogens with zero attached hydrogens (tertiary/aromatic N) is 3. The number of amides is 1. The lowest BCUT2D eigenvalue weighted by Crippen LogP contribution is -2.53. The Morgan fingerprint density at radius 1 is 1.23 bits per heavy atom. The molecule has 232 valence electrons. The largest absolute Gasteiger partial charge is 0.399 e. The topological polar surface area (TPSA) is 192 Å². The molecule has 2 aromatic rings. The third-order valence-corrected chi connectivity index (χ3v) is 7.38. The minimum Gasteiger partial charge on any atom is -0.399 e. The Labute approximate surface area is 251 Å². The first kappa shape index (κ1) is 32.2. The van der Waals surface area contributed by atoms with Crippen molar-refractivity contribution in [2.24, 2.45) is 11.6 Å². The minimum atomic E-state index is -1.14. The number of ether oxygens (including phenoxy) is 3. The summed E-state index contributed by atoms with van der Waals surface area (Å²) in [4.78, 5) is 15.1. The maximum absolute atomic E-state index is 12.7. The number of methoxy groups -OCH3 is 1. The molecule has 43 heavy (non-hydrogen) atoms. The second-order valence-corrected chi connectivity index (χ2v) is 10.6. The first-order chi connectivity index (χ1) is 20.7. The number of morpholine rings is 1. The van der Waals surface area contributed by atoms with E-state index in [1.165, 1.54) is 24.4 Å². The van der Waals surface area contributed by atoms with E-state index >= 15 is 0 Å². The Morgan fingerprint density at radius 3 is 2.72 bits per heavy atom. The van der Waals surface area contributed by atoms with Crippen molar-refractivity contribution in [1.82, 2.24) is 15.2 Å². The molecule has 0 bridgehead atoms. The van der Waals surface area contributed by atoms with Crippen molar-refractivity contribution in [2.75, 3.05) is 64.9 Å². The van der Waals surface area contributed by atoms with E-state index in [1.807, 2.05) is 36.4 Å². The molecule has 2 aliphatic heterocycles. The summed E-state index contributed by atoms with van der Waals surface area (Å²) in [6.45, 7) is 5.23. The molecule has 1 amide bonds. The number of fused-ring (bicyclic) bond motifs is 1. The Hall–Kier alpha value is -3.74. The third kappa shape index (κ3) is 9.37. The van der Waals surface area contributed by atoms with E-state index in [2.05, 4.69) is 21.6 Å². The van der Waals surface area contributed by atoms with Crippen molar-refractivity contribution >= 4 is 28.4 Å². The number of nitrogens with one attached hydrogen (secondary N) is 2. The Kier molecular flexibility index (Phi) is 11.7. The predicted octanol–water partition coefficient (Wildman–Crippen LogP) is 0.0661. The van der Waals surface area contributed by atoms with Gasteiger partial charge in [0.25, 0.3) is 5.91 Å². The summed E-state index contributed by atoms with van der Waals surface area (Å²) >= 11 is 0. The highest BCUT2D eigenvalue weighted by molar-refractivity contribution is 6.02. The number of rotatable bonds is 12. The molecule has 0 saturated carbocycles. The number of carbonyl (C=O) groups excluding carboxylic acids is 1. The highest BCUT2D eigenvalue weighted by Crippen LogP contribution is 2.23. The molecule has 2 fully saturated rings. The van der Waals surface area contributed by atoms with Crippen LogP contribution in [-0.4, -0.2) is 110 Å². The monoisotopic (exact) mass is 595 g/mol. The van der Waals surface area contributed by atoms with Crippen molar-refractivity contribution in [3.05, 3.63) is 59.4 Å². The van der Waals surface area contributed by atoms with Crippen molar-refractivity contribution in [3.8, 4) is 6.07 Å². The first-order valence-corrected chi connectivity index (χ1v) is 14.3. The highest BCUT2D eigenvalue weighted by Gasteiger charge is 2.37. The zero-order chi connectivity index (χ0) is 30.8. The molecular formula is C30H41N7O6. The van der Waals surface area contributed by atoms with Crippen LogP contribution in [0.4, 0.5) is 5.69 Å². The number of hydrazine groups is 1. The smallest absolute Gasteiger partial charge is 0.262 e. The maximum Gasteiger partial charge on any atom is 0.262 e. The summed E-state index contributed by atoms with van der Waals surface area (Å²) in [5, 5.41) is 39.1. The molecule has 4 atom stereocenters. The molecule has 0 aliphatic carbocycles. The number of anilines is 1. The Balaban J connectivity index is 1.29. The van der Waals surface area contributed by atoms with Crippen molar-refractivity contribution in [2.45, 2.75) is 31.0 Å². The van der Waals surface area contributed by atoms with Crippen LogP contribution in [0.3, 0.4) is 0 Å². The average molecular weight is 596 g/mol. The number of aliphatic hydroxyl groups excluding tert-OH is 2. The molecule has 2 unspecified atom stereocenters. The summed E-state index contributed by atoms with van der Waals surface area (Å²) in [5.74, 6) is 5.40. The normalized spacial score (nSPS) is 23.5. The van der Waals surface area contributed by atoms with Gasteiger partial charge in [-0.05, 0) is 40.6 Å². The quantitative estimate of drug-likeness (QED) is 0.0839. The Morgan fingerprint density at radius 2 is 1.98 bits per heavy atom. The number of carbonyl (C=O) groups is 1. The van der Waals surface area contributed by atoms with Gasteiger partial charge in [-0.3, -0.25) is 9.69 Å². The fourth-order valence-electron chi connectivity index (χ4n) is 4.98.